The quantitative estimate of drug-likeness (QED) is 0.184. The van der Waals surface area contributed by atoms with Crippen molar-refractivity contribution in [3.63, 3.8) is 0 Å². The number of imide groups is 1. The maximum absolute atomic E-state index is 16.0. The summed E-state index contributed by atoms with van der Waals surface area (Å²) in [5, 5.41) is 23.2. The number of piperidine rings is 3. The van der Waals surface area contributed by atoms with Crippen LogP contribution in [0.4, 0.5) is 26.1 Å². The zero-order valence-electron chi connectivity index (χ0n) is 36.8. The van der Waals surface area contributed by atoms with Gasteiger partial charge >= 0.3 is 0 Å². The number of rotatable bonds is 8. The maximum Gasteiger partial charge on any atom is 0.255 e. The van der Waals surface area contributed by atoms with E-state index in [0.29, 0.717) is 80.3 Å². The Hall–Kier alpha value is -6.82. The second-order valence-electron chi connectivity index (χ2n) is 18.4. The number of carbonyl (C=O) groups is 5. The third-order valence-corrected chi connectivity index (χ3v) is 14.1. The smallest absolute Gasteiger partial charge is 0.255 e. The molecule has 1 atom stereocenters. The summed E-state index contributed by atoms with van der Waals surface area (Å²) in [6.45, 7) is 5.86. The molecule has 0 spiro atoms. The zero-order chi connectivity index (χ0) is 46.0. The van der Waals surface area contributed by atoms with Gasteiger partial charge in [0.05, 0.1) is 24.3 Å². The van der Waals surface area contributed by atoms with E-state index in [0.717, 1.165) is 27.9 Å². The molecule has 5 aromatic rings. The Labute approximate surface area is 378 Å². The third kappa shape index (κ3) is 8.11. The van der Waals surface area contributed by atoms with Crippen molar-refractivity contribution in [2.45, 2.75) is 96.0 Å². The number of benzene rings is 2. The van der Waals surface area contributed by atoms with Gasteiger partial charge in [0.25, 0.3) is 5.91 Å². The molecule has 0 saturated carbocycles. The average molecular weight is 901 g/mol. The van der Waals surface area contributed by atoms with Crippen molar-refractivity contribution >= 4 is 57.6 Å². The predicted molar refractivity (Wildman–Crippen MR) is 238 cm³/mol. The summed E-state index contributed by atoms with van der Waals surface area (Å²) in [5.74, 6) is -1.43. The lowest BCUT2D eigenvalue weighted by Crippen LogP contribution is -2.52. The van der Waals surface area contributed by atoms with Crippen LogP contribution in [-0.4, -0.2) is 119 Å². The van der Waals surface area contributed by atoms with E-state index >= 15 is 8.78 Å². The number of aromatic nitrogens is 4. The summed E-state index contributed by atoms with van der Waals surface area (Å²) >= 11 is 0. The Balaban J connectivity index is 0.708. The molecular weight excluding hydrogens is 851 g/mol. The van der Waals surface area contributed by atoms with Crippen LogP contribution in [0.15, 0.2) is 54.9 Å². The fourth-order valence-electron chi connectivity index (χ4n) is 10.4. The van der Waals surface area contributed by atoms with Crippen LogP contribution in [0.2, 0.25) is 0 Å². The van der Waals surface area contributed by atoms with Crippen LogP contribution in [0.25, 0.3) is 21.9 Å². The second-order valence-corrected chi connectivity index (χ2v) is 18.4. The van der Waals surface area contributed by atoms with Crippen molar-refractivity contribution in [2.24, 2.45) is 0 Å². The Kier molecular flexibility index (Phi) is 11.0. The number of halogens is 2. The van der Waals surface area contributed by atoms with Crippen molar-refractivity contribution in [2.75, 3.05) is 42.9 Å². The predicted octanol–water partition coefficient (Wildman–Crippen LogP) is 4.69. The molecule has 3 fully saturated rings. The number of carbonyl (C=O) groups excluding carboxylic acids is 5. The van der Waals surface area contributed by atoms with Crippen LogP contribution < -0.4 is 15.5 Å². The molecule has 342 valence electrons. The largest absolute Gasteiger partial charge is 0.389 e. The van der Waals surface area contributed by atoms with Crippen LogP contribution in [0.5, 0.6) is 0 Å². The zero-order valence-corrected chi connectivity index (χ0v) is 36.8. The lowest BCUT2D eigenvalue weighted by molar-refractivity contribution is -0.141. The van der Waals surface area contributed by atoms with E-state index in [4.69, 9.17) is 5.10 Å². The van der Waals surface area contributed by atoms with Gasteiger partial charge < -0.3 is 30.0 Å². The highest BCUT2D eigenvalue weighted by Gasteiger charge is 2.42. The number of aliphatic hydroxyl groups is 1. The van der Waals surface area contributed by atoms with E-state index in [-0.39, 0.29) is 80.0 Å². The number of nitrogens with zero attached hydrogens (tertiary/aromatic N) is 8. The molecule has 0 bridgehead atoms. The highest BCUT2D eigenvalue weighted by Crippen LogP contribution is 2.37. The number of hydrogen-bond acceptors (Lipinski definition) is 11. The Morgan fingerprint density at radius 1 is 0.833 bits per heavy atom. The molecule has 3 N–H and O–H groups in total. The molecule has 66 heavy (non-hydrogen) atoms. The highest BCUT2D eigenvalue weighted by atomic mass is 19.1. The molecule has 3 saturated heterocycles. The van der Waals surface area contributed by atoms with Gasteiger partial charge in [-0.25, -0.2) is 13.8 Å². The first-order chi connectivity index (χ1) is 31.7. The summed E-state index contributed by atoms with van der Waals surface area (Å²) in [4.78, 5) is 80.2. The van der Waals surface area contributed by atoms with Crippen molar-refractivity contribution in [3.05, 3.63) is 94.6 Å². The number of pyridine rings is 2. The number of amides is 5. The number of likely N-dealkylation sites (tertiary alicyclic amines) is 1. The number of aryl methyl sites for hydroxylation is 2. The van der Waals surface area contributed by atoms with E-state index < -0.39 is 35.2 Å². The molecule has 3 aromatic heterocycles. The number of anilines is 3. The van der Waals surface area contributed by atoms with Gasteiger partial charge in [0.1, 0.15) is 24.2 Å². The fourth-order valence-corrected chi connectivity index (χ4v) is 10.4. The van der Waals surface area contributed by atoms with Gasteiger partial charge in [0, 0.05) is 109 Å². The first-order valence-electron chi connectivity index (χ1n) is 22.6. The molecule has 8 heterocycles. The molecule has 0 radical (unpaired) electrons. The Morgan fingerprint density at radius 2 is 1.62 bits per heavy atom. The van der Waals surface area contributed by atoms with Gasteiger partial charge in [-0.1, -0.05) is 0 Å². The van der Waals surface area contributed by atoms with Crippen LogP contribution in [0, 0.1) is 25.5 Å². The van der Waals surface area contributed by atoms with Gasteiger partial charge in [-0.3, -0.25) is 39.0 Å². The molecule has 1 unspecified atom stereocenters. The van der Waals surface area contributed by atoms with E-state index in [9.17, 15) is 29.1 Å². The Bertz CT molecular complexity index is 2830. The number of hydrogen-bond donors (Lipinski definition) is 3. The molecule has 2 aromatic carbocycles. The molecule has 5 amide bonds. The van der Waals surface area contributed by atoms with Gasteiger partial charge in [-0.2, -0.15) is 5.10 Å². The second kappa shape index (κ2) is 16.9. The molecule has 0 aliphatic carbocycles. The van der Waals surface area contributed by atoms with Crippen molar-refractivity contribution < 1.29 is 37.9 Å². The van der Waals surface area contributed by atoms with E-state index in [1.54, 1.807) is 40.2 Å². The van der Waals surface area contributed by atoms with Crippen LogP contribution in [-0.2, 0) is 38.7 Å². The van der Waals surface area contributed by atoms with E-state index in [2.05, 4.69) is 20.6 Å². The monoisotopic (exact) mass is 900 g/mol. The molecular formula is C48H50F2N10O6. The lowest BCUT2D eigenvalue weighted by atomic mass is 9.87. The minimum atomic E-state index is -1.27. The van der Waals surface area contributed by atoms with Gasteiger partial charge in [-0.05, 0) is 93.3 Å². The Morgan fingerprint density at radius 3 is 2.38 bits per heavy atom. The lowest BCUT2D eigenvalue weighted by Gasteiger charge is -2.41. The normalized spacial score (nSPS) is 20.1. The average Bonchev–Trinajstić information content (AvgIpc) is 3.78. The topological polar surface area (TPSA) is 186 Å². The number of fused-ring (bicyclic) bond motifs is 3. The van der Waals surface area contributed by atoms with Crippen molar-refractivity contribution in [3.8, 4) is 11.1 Å². The molecule has 10 rings (SSSR count). The van der Waals surface area contributed by atoms with Crippen LogP contribution >= 0.6 is 0 Å². The standard InChI is InChI=1S/C48H50F2N10O6/c1-27-17-28(2)51-24-35(27)34-18-29-20-40(52-23-30(29)19-37(34)49)53-41-21-32-9-14-58(44(63)26-60(32)55-41)31-7-12-57(13-8-31)43(62)22-48(66)10-15-56(16-11-48)38-4-3-33-36(45(38)50)25-59(47(33)65)39-5-6-42(61)54-46(39)64/h3-4,17-21,23-24,31,39,66H,5-16,22,25-26H2,1-2H3,(H,52,53,55)(H,54,61,64). The third-order valence-electron chi connectivity index (χ3n) is 14.1. The van der Waals surface area contributed by atoms with Gasteiger partial charge in [-0.15, -0.1) is 0 Å². The summed E-state index contributed by atoms with van der Waals surface area (Å²) in [6.07, 6.45) is 5.84. The minimum absolute atomic E-state index is 0.0419. The first-order valence-corrected chi connectivity index (χ1v) is 22.6. The maximum atomic E-state index is 16.0. The van der Waals surface area contributed by atoms with Crippen LogP contribution in [0.3, 0.4) is 0 Å². The van der Waals surface area contributed by atoms with Gasteiger partial charge in [0.2, 0.25) is 23.6 Å². The van der Waals surface area contributed by atoms with Gasteiger partial charge in [0.15, 0.2) is 11.6 Å². The number of nitrogens with one attached hydrogen (secondary N) is 2. The molecule has 16 nitrogen and oxygen atoms in total. The van der Waals surface area contributed by atoms with E-state index in [1.807, 2.05) is 41.8 Å². The SMILES string of the molecule is Cc1cc(C)c(-c2cc3cc(Nc4cc5n(n4)CC(=O)N(C4CCN(C(=O)CC6(O)CCN(c7ccc8c(c7F)CN(C7CCC(=O)NC7=O)C8=O)CC6)CC4)CC5)ncc3cc2F)cn1. The van der Waals surface area contributed by atoms with Crippen molar-refractivity contribution in [1.29, 1.82) is 0 Å². The molecule has 18 heteroatoms. The fraction of sp³-hybridized carbons (Fsp3) is 0.417. The summed E-state index contributed by atoms with van der Waals surface area (Å²) < 4.78 is 32.9. The summed E-state index contributed by atoms with van der Waals surface area (Å²) in [5.41, 5.74) is 3.31. The first kappa shape index (κ1) is 43.1. The molecule has 5 aliphatic heterocycles. The molecule has 5 aliphatic rings. The summed E-state index contributed by atoms with van der Waals surface area (Å²) in [7, 11) is 0. The van der Waals surface area contributed by atoms with Crippen LogP contribution in [0.1, 0.15) is 77.8 Å². The minimum Gasteiger partial charge on any atom is -0.389 e. The van der Waals surface area contributed by atoms with E-state index in [1.165, 1.54) is 11.0 Å². The summed E-state index contributed by atoms with van der Waals surface area (Å²) in [6, 6.07) is 11.2. The van der Waals surface area contributed by atoms with Crippen molar-refractivity contribution in [1.82, 2.24) is 39.8 Å². The highest BCUT2D eigenvalue weighted by molar-refractivity contribution is 6.05.